The Balaban J connectivity index is 3.00. The lowest BCUT2D eigenvalue weighted by atomic mass is 10.0. The molecule has 0 aliphatic carbocycles. The number of rotatable bonds is 8. The summed E-state index contributed by atoms with van der Waals surface area (Å²) in [6.07, 6.45) is 2.26. The zero-order valence-corrected chi connectivity index (χ0v) is 14.1. The highest BCUT2D eigenvalue weighted by Crippen LogP contribution is 2.18. The molecule has 3 nitrogen and oxygen atoms in total. The summed E-state index contributed by atoms with van der Waals surface area (Å²) in [5.41, 5.74) is 1.73. The zero-order valence-electron chi connectivity index (χ0n) is 14.1. The summed E-state index contributed by atoms with van der Waals surface area (Å²) in [6, 6.07) is 8.31. The molecule has 0 atom stereocenters. The van der Waals surface area contributed by atoms with E-state index >= 15 is 0 Å². The molecule has 0 aliphatic rings. The molecule has 3 heteroatoms. The van der Waals surface area contributed by atoms with Gasteiger partial charge in [0.2, 0.25) is 0 Å². The summed E-state index contributed by atoms with van der Waals surface area (Å²) < 4.78 is 4.90. The van der Waals surface area contributed by atoms with Gasteiger partial charge in [-0.3, -0.25) is 4.90 Å². The first-order valence-electron chi connectivity index (χ1n) is 7.93. The van der Waals surface area contributed by atoms with Gasteiger partial charge in [0.05, 0.1) is 12.7 Å². The van der Waals surface area contributed by atoms with Gasteiger partial charge in [0.1, 0.15) is 0 Å². The van der Waals surface area contributed by atoms with Gasteiger partial charge in [0.15, 0.2) is 0 Å². The van der Waals surface area contributed by atoms with Crippen LogP contribution in [0.5, 0.6) is 0 Å². The van der Waals surface area contributed by atoms with Crippen molar-refractivity contribution in [2.24, 2.45) is 5.92 Å². The fraction of sp³-hybridized carbons (Fsp3) is 0.611. The summed E-state index contributed by atoms with van der Waals surface area (Å²) in [6.45, 7) is 10.8. The topological polar surface area (TPSA) is 29.5 Å². The van der Waals surface area contributed by atoms with E-state index in [4.69, 9.17) is 4.74 Å². The third kappa shape index (κ3) is 5.16. The third-order valence-corrected chi connectivity index (χ3v) is 3.85. The Morgan fingerprint density at radius 3 is 2.33 bits per heavy atom. The van der Waals surface area contributed by atoms with E-state index in [0.717, 1.165) is 31.5 Å². The van der Waals surface area contributed by atoms with E-state index in [1.54, 1.807) is 0 Å². The first-order valence-corrected chi connectivity index (χ1v) is 7.93. The fourth-order valence-corrected chi connectivity index (χ4v) is 2.80. The van der Waals surface area contributed by atoms with E-state index in [0.29, 0.717) is 17.5 Å². The molecular weight excluding hydrogens is 262 g/mol. The maximum atomic E-state index is 11.9. The molecule has 0 bridgehead atoms. The Bertz CT molecular complexity index is 439. The van der Waals surface area contributed by atoms with Crippen molar-refractivity contribution in [2.45, 2.75) is 53.1 Å². The number of benzene rings is 1. The minimum Gasteiger partial charge on any atom is -0.465 e. The van der Waals surface area contributed by atoms with Crippen LogP contribution in [0.25, 0.3) is 0 Å². The molecule has 1 aromatic rings. The second-order valence-corrected chi connectivity index (χ2v) is 5.94. The van der Waals surface area contributed by atoms with Crippen LogP contribution in [0.1, 0.15) is 56.5 Å². The average Bonchev–Trinajstić information content (AvgIpc) is 2.47. The van der Waals surface area contributed by atoms with Crippen LogP contribution in [0, 0.1) is 5.92 Å². The average molecular weight is 291 g/mol. The number of hydrogen-bond donors (Lipinski definition) is 0. The van der Waals surface area contributed by atoms with Gasteiger partial charge in [-0.25, -0.2) is 4.79 Å². The molecule has 118 valence electrons. The molecule has 0 saturated heterocycles. The first kappa shape index (κ1) is 17.7. The van der Waals surface area contributed by atoms with Gasteiger partial charge in [0, 0.05) is 19.1 Å². The maximum absolute atomic E-state index is 11.9. The summed E-state index contributed by atoms with van der Waals surface area (Å²) in [4.78, 5) is 14.4. The highest BCUT2D eigenvalue weighted by Gasteiger charge is 2.19. The number of esters is 1. The van der Waals surface area contributed by atoms with Crippen LogP contribution >= 0.6 is 0 Å². The standard InChI is InChI=1S/C18H29NO2/c1-6-16(7-2)19(12-14(3)4)13-15-10-8-9-11-17(15)18(20)21-5/h8-11,14,16H,6-7,12-13H2,1-5H3. The molecular formula is C18H29NO2. The molecule has 0 amide bonds. The Hall–Kier alpha value is -1.35. The molecule has 0 fully saturated rings. The van der Waals surface area contributed by atoms with Crippen LogP contribution in [-0.2, 0) is 11.3 Å². The Morgan fingerprint density at radius 2 is 1.81 bits per heavy atom. The van der Waals surface area contributed by atoms with Crippen LogP contribution in [-0.4, -0.2) is 30.6 Å². The maximum Gasteiger partial charge on any atom is 0.338 e. The van der Waals surface area contributed by atoms with Gasteiger partial charge >= 0.3 is 5.97 Å². The van der Waals surface area contributed by atoms with Gasteiger partial charge in [-0.1, -0.05) is 45.9 Å². The minimum atomic E-state index is -0.250. The molecule has 0 unspecified atom stereocenters. The van der Waals surface area contributed by atoms with Gasteiger partial charge in [0.25, 0.3) is 0 Å². The lowest BCUT2D eigenvalue weighted by molar-refractivity contribution is 0.0597. The number of methoxy groups -OCH3 is 1. The van der Waals surface area contributed by atoms with Gasteiger partial charge in [-0.2, -0.15) is 0 Å². The molecule has 1 rings (SSSR count). The van der Waals surface area contributed by atoms with E-state index in [-0.39, 0.29) is 5.97 Å². The number of carbonyl (C=O) groups excluding carboxylic acids is 1. The van der Waals surface area contributed by atoms with Crippen molar-refractivity contribution in [3.05, 3.63) is 35.4 Å². The van der Waals surface area contributed by atoms with Crippen LogP contribution < -0.4 is 0 Å². The number of hydrogen-bond acceptors (Lipinski definition) is 3. The quantitative estimate of drug-likeness (QED) is 0.675. The van der Waals surface area contributed by atoms with Crippen molar-refractivity contribution < 1.29 is 9.53 Å². The third-order valence-electron chi connectivity index (χ3n) is 3.85. The van der Waals surface area contributed by atoms with Crippen LogP contribution in [0.4, 0.5) is 0 Å². The van der Waals surface area contributed by atoms with E-state index in [1.807, 2.05) is 24.3 Å². The number of carbonyl (C=O) groups is 1. The van der Waals surface area contributed by atoms with Crippen LogP contribution in [0.3, 0.4) is 0 Å². The number of nitrogens with zero attached hydrogens (tertiary/aromatic N) is 1. The molecule has 0 saturated carbocycles. The zero-order chi connectivity index (χ0) is 15.8. The molecule has 0 aromatic heterocycles. The summed E-state index contributed by atoms with van der Waals surface area (Å²) >= 11 is 0. The monoisotopic (exact) mass is 291 g/mol. The molecule has 0 spiro atoms. The van der Waals surface area contributed by atoms with Crippen molar-refractivity contribution in [1.29, 1.82) is 0 Å². The van der Waals surface area contributed by atoms with Crippen molar-refractivity contribution in [3.8, 4) is 0 Å². The van der Waals surface area contributed by atoms with E-state index in [9.17, 15) is 4.79 Å². The second kappa shape index (κ2) is 8.83. The lowest BCUT2D eigenvalue weighted by Crippen LogP contribution is -2.37. The molecule has 1 aromatic carbocycles. The van der Waals surface area contributed by atoms with E-state index in [2.05, 4.69) is 32.6 Å². The van der Waals surface area contributed by atoms with E-state index < -0.39 is 0 Å². The summed E-state index contributed by atoms with van der Waals surface area (Å²) in [7, 11) is 1.44. The highest BCUT2D eigenvalue weighted by atomic mass is 16.5. The summed E-state index contributed by atoms with van der Waals surface area (Å²) in [5, 5.41) is 0. The lowest BCUT2D eigenvalue weighted by Gasteiger charge is -2.32. The number of ether oxygens (including phenoxy) is 1. The Kier molecular flexibility index (Phi) is 7.44. The Morgan fingerprint density at radius 1 is 1.19 bits per heavy atom. The SMILES string of the molecule is CCC(CC)N(Cc1ccccc1C(=O)OC)CC(C)C. The minimum absolute atomic E-state index is 0.250. The second-order valence-electron chi connectivity index (χ2n) is 5.94. The van der Waals surface area contributed by atoms with E-state index in [1.165, 1.54) is 7.11 Å². The largest absolute Gasteiger partial charge is 0.465 e. The fourth-order valence-electron chi connectivity index (χ4n) is 2.80. The molecule has 0 N–H and O–H groups in total. The van der Waals surface area contributed by atoms with Crippen LogP contribution in [0.15, 0.2) is 24.3 Å². The summed E-state index contributed by atoms with van der Waals surface area (Å²) in [5.74, 6) is 0.357. The van der Waals surface area contributed by atoms with Crippen molar-refractivity contribution in [1.82, 2.24) is 4.90 Å². The normalized spacial score (nSPS) is 11.4. The predicted molar refractivity (Wildman–Crippen MR) is 87.4 cm³/mol. The molecule has 0 aliphatic heterocycles. The van der Waals surface area contributed by atoms with Crippen molar-refractivity contribution in [2.75, 3.05) is 13.7 Å². The van der Waals surface area contributed by atoms with Crippen molar-refractivity contribution in [3.63, 3.8) is 0 Å². The predicted octanol–water partition coefficient (Wildman–Crippen LogP) is 4.12. The van der Waals surface area contributed by atoms with Crippen molar-refractivity contribution >= 4 is 5.97 Å². The smallest absolute Gasteiger partial charge is 0.338 e. The Labute approximate surface area is 129 Å². The van der Waals surface area contributed by atoms with Crippen LogP contribution in [0.2, 0.25) is 0 Å². The molecule has 21 heavy (non-hydrogen) atoms. The van der Waals surface area contributed by atoms with Gasteiger partial charge < -0.3 is 4.74 Å². The van der Waals surface area contributed by atoms with Gasteiger partial charge in [-0.05, 0) is 30.4 Å². The molecule has 0 radical (unpaired) electrons. The van der Waals surface area contributed by atoms with Gasteiger partial charge in [-0.15, -0.1) is 0 Å². The first-order chi connectivity index (χ1) is 10.0. The molecule has 0 heterocycles. The highest BCUT2D eigenvalue weighted by molar-refractivity contribution is 5.90.